The first kappa shape index (κ1) is 21.4. The van der Waals surface area contributed by atoms with Gasteiger partial charge >= 0.3 is 12.1 Å². The maximum absolute atomic E-state index is 12.3. The first-order chi connectivity index (χ1) is 12.4. The zero-order chi connectivity index (χ0) is 19.5. The normalized spacial score (nSPS) is 13.8. The van der Waals surface area contributed by atoms with E-state index in [4.69, 9.17) is 9.47 Å². The maximum atomic E-state index is 12.3. The summed E-state index contributed by atoms with van der Waals surface area (Å²) in [5.41, 5.74) is 0.787. The second-order valence-electron chi connectivity index (χ2n) is 5.84. The number of ether oxygens (including phenoxy) is 2. The van der Waals surface area contributed by atoms with Gasteiger partial charge < -0.3 is 25.2 Å². The second kappa shape index (κ2) is 11.1. The third-order valence-electron chi connectivity index (χ3n) is 3.97. The number of benzene rings is 1. The van der Waals surface area contributed by atoms with Crippen LogP contribution in [0.5, 0.6) is 0 Å². The molecule has 3 atom stereocenters. The topological polar surface area (TPSA) is 114 Å². The zero-order valence-electron chi connectivity index (χ0n) is 15.2. The van der Waals surface area contributed by atoms with Crippen molar-refractivity contribution in [2.75, 3.05) is 13.7 Å². The SMILES string of the molecule is CCC(C)[C@H](NC(=O)[C@H](CO)NC(=O)OCc1ccccc1)C(=O)OC. The summed E-state index contributed by atoms with van der Waals surface area (Å²) >= 11 is 0. The molecule has 1 aromatic carbocycles. The fourth-order valence-electron chi connectivity index (χ4n) is 2.15. The van der Waals surface area contributed by atoms with E-state index in [2.05, 4.69) is 10.6 Å². The molecule has 2 amide bonds. The van der Waals surface area contributed by atoms with Gasteiger partial charge in [-0.25, -0.2) is 9.59 Å². The standard InChI is InChI=1S/C18H26N2O6/c1-4-12(2)15(17(23)25-3)20-16(22)14(10-21)19-18(24)26-11-13-8-6-5-7-9-13/h5-9,12,14-15,21H,4,10-11H2,1-3H3,(H,19,24)(H,20,22)/t12?,14-,15-/m0/s1. The Kier molecular flexibility index (Phi) is 9.14. The average Bonchev–Trinajstić information content (AvgIpc) is 2.67. The van der Waals surface area contributed by atoms with E-state index >= 15 is 0 Å². The summed E-state index contributed by atoms with van der Waals surface area (Å²) in [6.07, 6.45) is -0.211. The van der Waals surface area contributed by atoms with Gasteiger partial charge in [-0.2, -0.15) is 0 Å². The third-order valence-corrected chi connectivity index (χ3v) is 3.97. The maximum Gasteiger partial charge on any atom is 0.408 e. The van der Waals surface area contributed by atoms with Crippen LogP contribution in [0.2, 0.25) is 0 Å². The molecule has 0 spiro atoms. The van der Waals surface area contributed by atoms with Crippen LogP contribution in [-0.4, -0.2) is 48.9 Å². The first-order valence-corrected chi connectivity index (χ1v) is 8.39. The molecule has 144 valence electrons. The van der Waals surface area contributed by atoms with Crippen molar-refractivity contribution >= 4 is 18.0 Å². The summed E-state index contributed by atoms with van der Waals surface area (Å²) < 4.78 is 9.71. The third kappa shape index (κ3) is 6.72. The van der Waals surface area contributed by atoms with E-state index in [0.717, 1.165) is 5.56 Å². The van der Waals surface area contributed by atoms with E-state index in [0.29, 0.717) is 6.42 Å². The van der Waals surface area contributed by atoms with Crippen molar-refractivity contribution in [1.82, 2.24) is 10.6 Å². The molecular formula is C18H26N2O6. The van der Waals surface area contributed by atoms with E-state index in [-0.39, 0.29) is 12.5 Å². The molecule has 0 fully saturated rings. The van der Waals surface area contributed by atoms with Crippen LogP contribution >= 0.6 is 0 Å². The van der Waals surface area contributed by atoms with E-state index in [1.807, 2.05) is 25.1 Å². The predicted octanol–water partition coefficient (Wildman–Crippen LogP) is 0.978. The lowest BCUT2D eigenvalue weighted by molar-refractivity contribution is -0.147. The smallest absolute Gasteiger partial charge is 0.408 e. The van der Waals surface area contributed by atoms with Crippen molar-refractivity contribution in [3.8, 4) is 0 Å². The summed E-state index contributed by atoms with van der Waals surface area (Å²) in [4.78, 5) is 36.0. The number of esters is 1. The van der Waals surface area contributed by atoms with Crippen LogP contribution in [0.4, 0.5) is 4.79 Å². The Morgan fingerprint density at radius 2 is 1.81 bits per heavy atom. The first-order valence-electron chi connectivity index (χ1n) is 8.39. The van der Waals surface area contributed by atoms with Crippen LogP contribution in [0.25, 0.3) is 0 Å². The minimum atomic E-state index is -1.24. The molecule has 1 rings (SSSR count). The molecule has 8 heteroatoms. The van der Waals surface area contributed by atoms with Crippen molar-refractivity contribution in [1.29, 1.82) is 0 Å². The Labute approximate surface area is 152 Å². The number of aliphatic hydroxyl groups is 1. The van der Waals surface area contributed by atoms with E-state index in [9.17, 15) is 19.5 Å². The Bertz CT molecular complexity index is 593. The molecule has 0 aromatic heterocycles. The highest BCUT2D eigenvalue weighted by atomic mass is 16.5. The minimum Gasteiger partial charge on any atom is -0.467 e. The molecule has 1 aromatic rings. The molecule has 0 aliphatic carbocycles. The fourth-order valence-corrected chi connectivity index (χ4v) is 2.15. The molecule has 1 unspecified atom stereocenters. The fraction of sp³-hybridized carbons (Fsp3) is 0.500. The Morgan fingerprint density at radius 3 is 2.35 bits per heavy atom. The molecule has 0 bridgehead atoms. The zero-order valence-corrected chi connectivity index (χ0v) is 15.2. The summed E-state index contributed by atoms with van der Waals surface area (Å²) in [6.45, 7) is 3.05. The number of hydrogen-bond acceptors (Lipinski definition) is 6. The molecule has 26 heavy (non-hydrogen) atoms. The number of hydrogen-bond donors (Lipinski definition) is 3. The van der Waals surface area contributed by atoms with E-state index in [1.54, 1.807) is 19.1 Å². The summed E-state index contributed by atoms with van der Waals surface area (Å²) in [7, 11) is 1.23. The van der Waals surface area contributed by atoms with Gasteiger partial charge in [0.25, 0.3) is 0 Å². The number of aliphatic hydroxyl groups excluding tert-OH is 1. The molecule has 3 N–H and O–H groups in total. The van der Waals surface area contributed by atoms with Gasteiger partial charge in [0.2, 0.25) is 5.91 Å². The number of alkyl carbamates (subject to hydrolysis) is 1. The number of carbonyl (C=O) groups is 3. The second-order valence-corrected chi connectivity index (χ2v) is 5.84. The van der Waals surface area contributed by atoms with Gasteiger partial charge in [0.1, 0.15) is 18.7 Å². The number of carbonyl (C=O) groups excluding carboxylic acids is 3. The highest BCUT2D eigenvalue weighted by Gasteiger charge is 2.30. The van der Waals surface area contributed by atoms with Crippen LogP contribution in [-0.2, 0) is 25.7 Å². The van der Waals surface area contributed by atoms with Crippen LogP contribution in [0.3, 0.4) is 0 Å². The quantitative estimate of drug-likeness (QED) is 0.561. The lowest BCUT2D eigenvalue weighted by atomic mass is 9.99. The Morgan fingerprint density at radius 1 is 1.15 bits per heavy atom. The molecular weight excluding hydrogens is 340 g/mol. The number of nitrogens with one attached hydrogen (secondary N) is 2. The molecule has 0 radical (unpaired) electrons. The van der Waals surface area contributed by atoms with Crippen LogP contribution in [0.15, 0.2) is 30.3 Å². The van der Waals surface area contributed by atoms with Crippen molar-refractivity contribution < 1.29 is 29.0 Å². The summed E-state index contributed by atoms with van der Waals surface area (Å²) in [5, 5.41) is 14.2. The van der Waals surface area contributed by atoms with Gasteiger partial charge in [0.15, 0.2) is 0 Å². The van der Waals surface area contributed by atoms with Crippen molar-refractivity contribution in [3.63, 3.8) is 0 Å². The predicted molar refractivity (Wildman–Crippen MR) is 94.0 cm³/mol. The van der Waals surface area contributed by atoms with Crippen LogP contribution in [0.1, 0.15) is 25.8 Å². The van der Waals surface area contributed by atoms with Gasteiger partial charge in [0.05, 0.1) is 13.7 Å². The van der Waals surface area contributed by atoms with Crippen molar-refractivity contribution in [2.24, 2.45) is 5.92 Å². The monoisotopic (exact) mass is 366 g/mol. The van der Waals surface area contributed by atoms with Gasteiger partial charge in [-0.3, -0.25) is 4.79 Å². The average molecular weight is 366 g/mol. The number of methoxy groups -OCH3 is 1. The van der Waals surface area contributed by atoms with Gasteiger partial charge in [-0.15, -0.1) is 0 Å². The lowest BCUT2D eigenvalue weighted by Crippen LogP contribution is -2.55. The Balaban J connectivity index is 2.60. The summed E-state index contributed by atoms with van der Waals surface area (Å²) in [5.74, 6) is -1.45. The molecule has 0 aliphatic heterocycles. The van der Waals surface area contributed by atoms with Gasteiger partial charge in [-0.05, 0) is 11.5 Å². The van der Waals surface area contributed by atoms with Crippen LogP contribution < -0.4 is 10.6 Å². The van der Waals surface area contributed by atoms with Gasteiger partial charge in [0, 0.05) is 0 Å². The van der Waals surface area contributed by atoms with Gasteiger partial charge in [-0.1, -0.05) is 50.6 Å². The molecule has 0 heterocycles. The minimum absolute atomic E-state index is 0.0318. The largest absolute Gasteiger partial charge is 0.467 e. The van der Waals surface area contributed by atoms with E-state index in [1.165, 1.54) is 7.11 Å². The Hall–Kier alpha value is -2.61. The van der Waals surface area contributed by atoms with Crippen molar-refractivity contribution in [3.05, 3.63) is 35.9 Å². The molecule has 0 saturated heterocycles. The van der Waals surface area contributed by atoms with E-state index < -0.39 is 36.7 Å². The highest BCUT2D eigenvalue weighted by molar-refractivity contribution is 5.89. The number of rotatable bonds is 9. The number of amides is 2. The lowest BCUT2D eigenvalue weighted by Gasteiger charge is -2.24. The molecule has 0 aliphatic rings. The highest BCUT2D eigenvalue weighted by Crippen LogP contribution is 2.09. The summed E-state index contributed by atoms with van der Waals surface area (Å²) in [6, 6.07) is 6.92. The van der Waals surface area contributed by atoms with Crippen LogP contribution in [0, 0.1) is 5.92 Å². The van der Waals surface area contributed by atoms with Crippen molar-refractivity contribution in [2.45, 2.75) is 39.0 Å². The molecule has 8 nitrogen and oxygen atoms in total. The molecule has 0 saturated carbocycles.